The number of ketones is 1. The summed E-state index contributed by atoms with van der Waals surface area (Å²) in [7, 11) is 0. The first-order valence-electron chi connectivity index (χ1n) is 13.1. The number of benzene rings is 3. The van der Waals surface area contributed by atoms with Crippen LogP contribution in [0.2, 0.25) is 0 Å². The van der Waals surface area contributed by atoms with Gasteiger partial charge in [-0.2, -0.15) is 13.2 Å². The normalized spacial score (nSPS) is 11.9. The fourth-order valence-corrected chi connectivity index (χ4v) is 4.43. The molecular formula is C32H28F3N3O4. The highest BCUT2D eigenvalue weighted by atomic mass is 19.4. The highest BCUT2D eigenvalue weighted by Gasteiger charge is 2.30. The molecule has 1 aromatic heterocycles. The van der Waals surface area contributed by atoms with Gasteiger partial charge in [0.05, 0.1) is 11.5 Å². The fourth-order valence-electron chi connectivity index (χ4n) is 4.43. The number of urea groups is 1. The van der Waals surface area contributed by atoms with E-state index in [1.165, 1.54) is 0 Å². The van der Waals surface area contributed by atoms with Crippen LogP contribution < -0.4 is 10.6 Å². The highest BCUT2D eigenvalue weighted by Crippen LogP contribution is 2.30. The van der Waals surface area contributed by atoms with Gasteiger partial charge in [0, 0.05) is 28.9 Å². The number of carbonyl (C=O) groups is 3. The lowest BCUT2D eigenvalue weighted by Crippen LogP contribution is -2.20. The van der Waals surface area contributed by atoms with E-state index in [9.17, 15) is 32.7 Å². The molecule has 3 aromatic carbocycles. The van der Waals surface area contributed by atoms with Crippen molar-refractivity contribution in [3.63, 3.8) is 0 Å². The quantitative estimate of drug-likeness (QED) is 0.169. The minimum absolute atomic E-state index is 0.100. The second-order valence-electron chi connectivity index (χ2n) is 9.75. The zero-order valence-corrected chi connectivity index (χ0v) is 22.6. The van der Waals surface area contributed by atoms with Crippen molar-refractivity contribution < 1.29 is 32.7 Å². The minimum atomic E-state index is -4.47. The van der Waals surface area contributed by atoms with Crippen LogP contribution in [0.1, 0.15) is 40.0 Å². The molecule has 7 nitrogen and oxygen atoms in total. The monoisotopic (exact) mass is 575 g/mol. The lowest BCUT2D eigenvalue weighted by molar-refractivity contribution is -0.142. The van der Waals surface area contributed by atoms with Crippen molar-refractivity contribution >= 4 is 29.3 Å². The van der Waals surface area contributed by atoms with Gasteiger partial charge < -0.3 is 10.4 Å². The first-order chi connectivity index (χ1) is 20.0. The maximum Gasteiger partial charge on any atom is 0.416 e. The standard InChI is InChI=1S/C32H28F3N3O4/c1-20-27(17-18-29(36-20)38-31(42)37-26-15-13-25(14-16-26)32(33,34)35)22-9-11-23(12-10-22)28(39)19-24(30(40)41)8-7-21-5-3-2-4-6-21/h2-6,9-18,24H,7-8,19H2,1H3,(H,40,41)(H2,36,37,38,42). The van der Waals surface area contributed by atoms with Crippen molar-refractivity contribution in [3.05, 3.63) is 113 Å². The van der Waals surface area contributed by atoms with Gasteiger partial charge in [-0.1, -0.05) is 54.6 Å². The van der Waals surface area contributed by atoms with E-state index in [0.717, 1.165) is 41.0 Å². The first-order valence-corrected chi connectivity index (χ1v) is 13.1. The molecule has 4 rings (SSSR count). The van der Waals surface area contributed by atoms with Crippen molar-refractivity contribution in [3.8, 4) is 11.1 Å². The fraction of sp³-hybridized carbons (Fsp3) is 0.188. The summed E-state index contributed by atoms with van der Waals surface area (Å²) in [5.74, 6) is -1.81. The molecule has 42 heavy (non-hydrogen) atoms. The van der Waals surface area contributed by atoms with E-state index < -0.39 is 29.7 Å². The van der Waals surface area contributed by atoms with E-state index in [0.29, 0.717) is 24.1 Å². The molecule has 10 heteroatoms. The summed E-state index contributed by atoms with van der Waals surface area (Å²) < 4.78 is 38.2. The Labute approximate surface area is 240 Å². The summed E-state index contributed by atoms with van der Waals surface area (Å²) in [5.41, 5.74) is 2.92. The summed E-state index contributed by atoms with van der Waals surface area (Å²) in [6.45, 7) is 1.75. The molecule has 0 saturated carbocycles. The molecule has 0 fully saturated rings. The van der Waals surface area contributed by atoms with Crippen LogP contribution in [-0.2, 0) is 17.4 Å². The molecule has 0 saturated heterocycles. The number of carboxylic acid groups (broad SMARTS) is 1. The van der Waals surface area contributed by atoms with Crippen LogP contribution in [0.5, 0.6) is 0 Å². The molecule has 0 aliphatic heterocycles. The number of nitrogens with one attached hydrogen (secondary N) is 2. The van der Waals surface area contributed by atoms with Gasteiger partial charge >= 0.3 is 18.2 Å². The van der Waals surface area contributed by atoms with Crippen molar-refractivity contribution in [2.75, 3.05) is 10.6 Å². The van der Waals surface area contributed by atoms with E-state index in [2.05, 4.69) is 15.6 Å². The summed E-state index contributed by atoms with van der Waals surface area (Å²) in [4.78, 5) is 41.3. The Kier molecular flexibility index (Phi) is 9.36. The number of hydrogen-bond acceptors (Lipinski definition) is 4. The number of Topliss-reactive ketones (excluding diaryl/α,β-unsaturated/α-hetero) is 1. The summed E-state index contributed by atoms with van der Waals surface area (Å²) in [6.07, 6.45) is -3.64. The number of amides is 2. The van der Waals surface area contributed by atoms with Crippen molar-refractivity contribution in [1.82, 2.24) is 4.98 Å². The zero-order valence-electron chi connectivity index (χ0n) is 22.6. The maximum atomic E-state index is 12.9. The van der Waals surface area contributed by atoms with Crippen LogP contribution in [0.15, 0.2) is 91.0 Å². The van der Waals surface area contributed by atoms with Crippen LogP contribution in [0, 0.1) is 12.8 Å². The third-order valence-corrected chi connectivity index (χ3v) is 6.72. The Bertz CT molecular complexity index is 1560. The zero-order chi connectivity index (χ0) is 30.3. The van der Waals surface area contributed by atoms with Gasteiger partial charge in [0.15, 0.2) is 5.78 Å². The van der Waals surface area contributed by atoms with Gasteiger partial charge in [0.25, 0.3) is 0 Å². The summed E-state index contributed by atoms with van der Waals surface area (Å²) in [6, 6.07) is 23.1. The lowest BCUT2D eigenvalue weighted by atomic mass is 9.92. The molecule has 0 aliphatic carbocycles. The topological polar surface area (TPSA) is 108 Å². The second-order valence-corrected chi connectivity index (χ2v) is 9.75. The van der Waals surface area contributed by atoms with Gasteiger partial charge in [-0.05, 0) is 67.3 Å². The molecule has 2 amide bonds. The van der Waals surface area contributed by atoms with Crippen molar-refractivity contribution in [2.45, 2.75) is 32.4 Å². The van der Waals surface area contributed by atoms with Crippen LogP contribution >= 0.6 is 0 Å². The van der Waals surface area contributed by atoms with Gasteiger partial charge in [-0.3, -0.25) is 14.9 Å². The minimum Gasteiger partial charge on any atom is -0.481 e. The molecule has 1 atom stereocenters. The number of carbonyl (C=O) groups excluding carboxylic acids is 2. The molecule has 0 radical (unpaired) electrons. The number of hydrogen-bond donors (Lipinski definition) is 3. The first kappa shape index (κ1) is 30.0. The number of rotatable bonds is 10. The average molecular weight is 576 g/mol. The molecule has 1 unspecified atom stereocenters. The number of nitrogens with zero attached hydrogens (tertiary/aromatic N) is 1. The second kappa shape index (κ2) is 13.1. The Morgan fingerprint density at radius 2 is 1.52 bits per heavy atom. The van der Waals surface area contributed by atoms with Gasteiger partial charge in [-0.25, -0.2) is 9.78 Å². The predicted octanol–water partition coefficient (Wildman–Crippen LogP) is 7.63. The van der Waals surface area contributed by atoms with Crippen LogP contribution in [0.3, 0.4) is 0 Å². The molecule has 0 aliphatic rings. The van der Waals surface area contributed by atoms with Crippen LogP contribution in [0.25, 0.3) is 11.1 Å². The van der Waals surface area contributed by atoms with Gasteiger partial charge in [0.1, 0.15) is 5.82 Å². The number of halogens is 3. The van der Waals surface area contributed by atoms with Crippen LogP contribution in [-0.4, -0.2) is 27.9 Å². The molecule has 216 valence electrons. The van der Waals surface area contributed by atoms with E-state index in [4.69, 9.17) is 0 Å². The summed E-state index contributed by atoms with van der Waals surface area (Å²) in [5, 5.41) is 14.6. The third kappa shape index (κ3) is 8.03. The number of anilines is 2. The van der Waals surface area contributed by atoms with E-state index >= 15 is 0 Å². The Hall–Kier alpha value is -4.99. The highest BCUT2D eigenvalue weighted by molar-refractivity contribution is 5.99. The number of aromatic nitrogens is 1. The molecule has 3 N–H and O–H groups in total. The number of carboxylic acids is 1. The predicted molar refractivity (Wildman–Crippen MR) is 153 cm³/mol. The SMILES string of the molecule is Cc1nc(NC(=O)Nc2ccc(C(F)(F)F)cc2)ccc1-c1ccc(C(=O)CC(CCc2ccccc2)C(=O)O)cc1. The van der Waals surface area contributed by atoms with Gasteiger partial charge in [0.2, 0.25) is 0 Å². The van der Waals surface area contributed by atoms with Crippen molar-refractivity contribution in [1.29, 1.82) is 0 Å². The Morgan fingerprint density at radius 1 is 0.857 bits per heavy atom. The van der Waals surface area contributed by atoms with E-state index in [1.54, 1.807) is 43.3 Å². The largest absolute Gasteiger partial charge is 0.481 e. The van der Waals surface area contributed by atoms with Crippen LogP contribution in [0.4, 0.5) is 29.5 Å². The number of aliphatic carboxylic acids is 1. The lowest BCUT2D eigenvalue weighted by Gasteiger charge is -2.13. The summed E-state index contributed by atoms with van der Waals surface area (Å²) >= 11 is 0. The molecule has 4 aromatic rings. The van der Waals surface area contributed by atoms with Crippen molar-refractivity contribution in [2.24, 2.45) is 5.92 Å². The van der Waals surface area contributed by atoms with Gasteiger partial charge in [-0.15, -0.1) is 0 Å². The van der Waals surface area contributed by atoms with E-state index in [1.807, 2.05) is 30.3 Å². The number of pyridine rings is 1. The third-order valence-electron chi connectivity index (χ3n) is 6.72. The smallest absolute Gasteiger partial charge is 0.416 e. The maximum absolute atomic E-state index is 12.9. The molecule has 0 spiro atoms. The van der Waals surface area contributed by atoms with E-state index in [-0.39, 0.29) is 23.7 Å². The molecule has 1 heterocycles. The molecule has 0 bridgehead atoms. The molecular weight excluding hydrogens is 547 g/mol. The number of aryl methyl sites for hydroxylation is 2. The average Bonchev–Trinajstić information content (AvgIpc) is 2.95. The number of alkyl halides is 3. The Morgan fingerprint density at radius 3 is 2.12 bits per heavy atom. The Balaban J connectivity index is 1.35.